The van der Waals surface area contributed by atoms with Gasteiger partial charge in [0, 0.05) is 6.54 Å². The standard InChI is InChI=1S/C10H19N3O3/c1-10(2,3)16-9(15)13-6-4-5-7(13)8(14)12-11/h7H,4-6,11H2,1-3H3,(H,12,14). The number of ether oxygens (including phenoxy) is 1. The first-order chi connectivity index (χ1) is 7.35. The predicted octanol–water partition coefficient (Wildman–Crippen LogP) is 0.376. The molecule has 0 radical (unpaired) electrons. The van der Waals surface area contributed by atoms with Crippen LogP contribution in [0.25, 0.3) is 0 Å². The number of rotatable bonds is 1. The van der Waals surface area contributed by atoms with Gasteiger partial charge in [0.25, 0.3) is 5.91 Å². The summed E-state index contributed by atoms with van der Waals surface area (Å²) in [6.07, 6.45) is 0.957. The van der Waals surface area contributed by atoms with Crippen LogP contribution >= 0.6 is 0 Å². The minimum atomic E-state index is -0.552. The highest BCUT2D eigenvalue weighted by Gasteiger charge is 2.36. The zero-order valence-electron chi connectivity index (χ0n) is 9.95. The predicted molar refractivity (Wildman–Crippen MR) is 58.3 cm³/mol. The zero-order chi connectivity index (χ0) is 12.3. The maximum Gasteiger partial charge on any atom is 0.410 e. The van der Waals surface area contributed by atoms with Crippen LogP contribution in [-0.2, 0) is 9.53 Å². The van der Waals surface area contributed by atoms with Crippen LogP contribution in [0.4, 0.5) is 4.79 Å². The lowest BCUT2D eigenvalue weighted by Crippen LogP contribution is -2.49. The third-order valence-electron chi connectivity index (χ3n) is 2.33. The molecule has 92 valence electrons. The van der Waals surface area contributed by atoms with Gasteiger partial charge in [-0.2, -0.15) is 0 Å². The van der Waals surface area contributed by atoms with E-state index in [0.717, 1.165) is 6.42 Å². The highest BCUT2D eigenvalue weighted by Crippen LogP contribution is 2.20. The number of carbonyl (C=O) groups is 2. The van der Waals surface area contributed by atoms with Gasteiger partial charge in [-0.1, -0.05) is 0 Å². The van der Waals surface area contributed by atoms with Crippen LogP contribution in [0.15, 0.2) is 0 Å². The zero-order valence-corrected chi connectivity index (χ0v) is 9.95. The molecule has 1 aliphatic heterocycles. The topological polar surface area (TPSA) is 84.7 Å². The maximum atomic E-state index is 11.8. The third kappa shape index (κ3) is 3.10. The van der Waals surface area contributed by atoms with Crippen LogP contribution in [-0.4, -0.2) is 35.1 Å². The van der Waals surface area contributed by atoms with Gasteiger partial charge in [0.1, 0.15) is 11.6 Å². The van der Waals surface area contributed by atoms with Crippen molar-refractivity contribution >= 4 is 12.0 Å². The Kier molecular flexibility index (Phi) is 3.74. The molecule has 16 heavy (non-hydrogen) atoms. The number of likely N-dealkylation sites (tertiary alicyclic amines) is 1. The lowest BCUT2D eigenvalue weighted by molar-refractivity contribution is -0.125. The van der Waals surface area contributed by atoms with E-state index in [1.54, 1.807) is 20.8 Å². The second kappa shape index (κ2) is 4.69. The molecule has 3 N–H and O–H groups in total. The summed E-state index contributed by atoms with van der Waals surface area (Å²) in [5.41, 5.74) is 1.51. The SMILES string of the molecule is CC(C)(C)OC(=O)N1CCCC1C(=O)NN. The first-order valence-electron chi connectivity index (χ1n) is 5.35. The molecule has 1 fully saturated rings. The van der Waals surface area contributed by atoms with Crippen molar-refractivity contribution in [2.75, 3.05) is 6.54 Å². The molecule has 2 amide bonds. The molecular weight excluding hydrogens is 210 g/mol. The van der Waals surface area contributed by atoms with E-state index in [4.69, 9.17) is 10.6 Å². The lowest BCUT2D eigenvalue weighted by Gasteiger charge is -2.27. The third-order valence-corrected chi connectivity index (χ3v) is 2.33. The van der Waals surface area contributed by atoms with Gasteiger partial charge in [-0.05, 0) is 33.6 Å². The normalized spacial score (nSPS) is 20.8. The Morgan fingerprint density at radius 2 is 2.06 bits per heavy atom. The Morgan fingerprint density at radius 3 is 2.56 bits per heavy atom. The lowest BCUT2D eigenvalue weighted by atomic mass is 10.2. The van der Waals surface area contributed by atoms with Crippen LogP contribution in [0, 0.1) is 0 Å². The summed E-state index contributed by atoms with van der Waals surface area (Å²) in [5.74, 6) is 4.72. The summed E-state index contributed by atoms with van der Waals surface area (Å²) in [7, 11) is 0. The number of hydrogen-bond donors (Lipinski definition) is 2. The number of carbonyl (C=O) groups excluding carboxylic acids is 2. The Balaban J connectivity index is 2.65. The highest BCUT2D eigenvalue weighted by molar-refractivity contribution is 5.85. The van der Waals surface area contributed by atoms with Gasteiger partial charge in [-0.25, -0.2) is 10.6 Å². The Hall–Kier alpha value is -1.30. The Morgan fingerprint density at radius 1 is 1.44 bits per heavy atom. The van der Waals surface area contributed by atoms with Crippen molar-refractivity contribution in [3.8, 4) is 0 Å². The van der Waals surface area contributed by atoms with Crippen molar-refractivity contribution in [3.05, 3.63) is 0 Å². The fourth-order valence-corrected chi connectivity index (χ4v) is 1.67. The summed E-state index contributed by atoms with van der Waals surface area (Å²) < 4.78 is 5.21. The summed E-state index contributed by atoms with van der Waals surface area (Å²) in [6, 6.07) is -0.500. The quantitative estimate of drug-likeness (QED) is 0.386. The van der Waals surface area contributed by atoms with Crippen LogP contribution in [0.3, 0.4) is 0 Å². The molecule has 6 nitrogen and oxygen atoms in total. The fourth-order valence-electron chi connectivity index (χ4n) is 1.67. The Labute approximate surface area is 95.1 Å². The van der Waals surface area contributed by atoms with Crippen LogP contribution in [0.1, 0.15) is 33.6 Å². The second-order valence-electron chi connectivity index (χ2n) is 4.84. The number of amides is 2. The van der Waals surface area contributed by atoms with E-state index in [1.165, 1.54) is 4.90 Å². The van der Waals surface area contributed by atoms with Crippen molar-refractivity contribution < 1.29 is 14.3 Å². The smallest absolute Gasteiger partial charge is 0.410 e. The van der Waals surface area contributed by atoms with E-state index < -0.39 is 17.7 Å². The van der Waals surface area contributed by atoms with Crippen molar-refractivity contribution in [1.29, 1.82) is 0 Å². The van der Waals surface area contributed by atoms with Gasteiger partial charge in [-0.3, -0.25) is 15.1 Å². The second-order valence-corrected chi connectivity index (χ2v) is 4.84. The number of nitrogens with one attached hydrogen (secondary N) is 1. The highest BCUT2D eigenvalue weighted by atomic mass is 16.6. The number of hydrazine groups is 1. The minimum absolute atomic E-state index is 0.344. The fraction of sp³-hybridized carbons (Fsp3) is 0.800. The summed E-state index contributed by atoms with van der Waals surface area (Å²) >= 11 is 0. The van der Waals surface area contributed by atoms with Gasteiger partial charge in [0.15, 0.2) is 0 Å². The molecule has 0 aromatic heterocycles. The number of nitrogens with zero attached hydrogens (tertiary/aromatic N) is 1. The first kappa shape index (κ1) is 12.8. The molecule has 1 saturated heterocycles. The summed E-state index contributed by atoms with van der Waals surface area (Å²) in [4.78, 5) is 24.6. The van der Waals surface area contributed by atoms with E-state index >= 15 is 0 Å². The van der Waals surface area contributed by atoms with Gasteiger partial charge in [-0.15, -0.1) is 0 Å². The van der Waals surface area contributed by atoms with Gasteiger partial charge in [0.2, 0.25) is 0 Å². The monoisotopic (exact) mass is 229 g/mol. The molecule has 1 heterocycles. The molecule has 0 spiro atoms. The van der Waals surface area contributed by atoms with Crippen LogP contribution in [0.2, 0.25) is 0 Å². The van der Waals surface area contributed by atoms with Gasteiger partial charge >= 0.3 is 6.09 Å². The van der Waals surface area contributed by atoms with E-state index in [9.17, 15) is 9.59 Å². The van der Waals surface area contributed by atoms with Gasteiger partial charge < -0.3 is 4.74 Å². The van der Waals surface area contributed by atoms with E-state index in [1.807, 2.05) is 0 Å². The maximum absolute atomic E-state index is 11.8. The largest absolute Gasteiger partial charge is 0.444 e. The average Bonchev–Trinajstić information content (AvgIpc) is 2.62. The van der Waals surface area contributed by atoms with Crippen LogP contribution in [0.5, 0.6) is 0 Å². The molecule has 0 aromatic rings. The molecule has 0 saturated carbocycles. The minimum Gasteiger partial charge on any atom is -0.444 e. The van der Waals surface area contributed by atoms with Crippen molar-refractivity contribution in [1.82, 2.24) is 10.3 Å². The number of nitrogens with two attached hydrogens (primary N) is 1. The molecule has 1 rings (SSSR count). The molecule has 0 bridgehead atoms. The van der Waals surface area contributed by atoms with Crippen molar-refractivity contribution in [2.24, 2.45) is 5.84 Å². The van der Waals surface area contributed by atoms with Gasteiger partial charge in [0.05, 0.1) is 0 Å². The Bertz CT molecular complexity index is 286. The van der Waals surface area contributed by atoms with Crippen molar-refractivity contribution in [3.63, 3.8) is 0 Å². The molecular formula is C10H19N3O3. The molecule has 6 heteroatoms. The van der Waals surface area contributed by atoms with Crippen molar-refractivity contribution in [2.45, 2.75) is 45.3 Å². The molecule has 1 atom stereocenters. The summed E-state index contributed by atoms with van der Waals surface area (Å²) in [5, 5.41) is 0. The molecule has 1 aliphatic rings. The molecule has 0 aromatic carbocycles. The molecule has 0 aliphatic carbocycles. The first-order valence-corrected chi connectivity index (χ1v) is 5.35. The summed E-state index contributed by atoms with van der Waals surface area (Å²) in [6.45, 7) is 5.91. The van der Waals surface area contributed by atoms with E-state index in [2.05, 4.69) is 5.43 Å². The van der Waals surface area contributed by atoms with E-state index in [-0.39, 0.29) is 5.91 Å². The number of hydrogen-bond acceptors (Lipinski definition) is 4. The van der Waals surface area contributed by atoms with E-state index in [0.29, 0.717) is 13.0 Å². The average molecular weight is 229 g/mol. The molecule has 1 unspecified atom stereocenters. The van der Waals surface area contributed by atoms with Crippen LogP contribution < -0.4 is 11.3 Å².